The van der Waals surface area contributed by atoms with Crippen molar-refractivity contribution in [2.24, 2.45) is 0 Å². The van der Waals surface area contributed by atoms with Crippen LogP contribution in [0.25, 0.3) is 55.8 Å². The minimum atomic E-state index is 0.0321. The molecule has 0 radical (unpaired) electrons. The third-order valence-corrected chi connectivity index (χ3v) is 10.1. The van der Waals surface area contributed by atoms with Gasteiger partial charge in [-0.05, 0) is 65.4 Å². The van der Waals surface area contributed by atoms with Gasteiger partial charge >= 0.3 is 0 Å². The maximum atomic E-state index is 6.47. The Bertz CT molecular complexity index is 2250. The first-order valence-corrected chi connectivity index (χ1v) is 16.7. The molecule has 2 aliphatic rings. The Kier molecular flexibility index (Phi) is 6.71. The van der Waals surface area contributed by atoms with Crippen LogP contribution >= 0.6 is 0 Å². The van der Waals surface area contributed by atoms with Gasteiger partial charge in [0.05, 0.1) is 11.2 Å². The number of aromatic nitrogens is 2. The molecule has 0 bridgehead atoms. The average Bonchev–Trinajstić information content (AvgIpc) is 3.15. The zero-order valence-corrected chi connectivity index (χ0v) is 26.2. The number of nitrogens with zero attached hydrogens (tertiary/aromatic N) is 2. The fraction of sp³-hybridized carbons (Fsp3) is 0.136. The maximum absolute atomic E-state index is 6.47. The molecular formula is C44H34N2O. The summed E-state index contributed by atoms with van der Waals surface area (Å²) < 4.78 is 6.47. The van der Waals surface area contributed by atoms with Gasteiger partial charge in [0.2, 0.25) is 0 Å². The molecule has 1 fully saturated rings. The van der Waals surface area contributed by atoms with E-state index in [1.165, 1.54) is 59.9 Å². The number of rotatable bonds is 4. The van der Waals surface area contributed by atoms with Gasteiger partial charge in [0.25, 0.3) is 0 Å². The highest BCUT2D eigenvalue weighted by Crippen LogP contribution is 2.55. The van der Waals surface area contributed by atoms with E-state index in [-0.39, 0.29) is 5.41 Å². The zero-order valence-electron chi connectivity index (χ0n) is 26.2. The molecule has 3 nitrogen and oxygen atoms in total. The van der Waals surface area contributed by atoms with Crippen LogP contribution in [0.15, 0.2) is 146 Å². The number of ether oxygens (including phenoxy) is 1. The molecule has 0 unspecified atom stereocenters. The Morgan fingerprint density at radius 2 is 1.09 bits per heavy atom. The highest BCUT2D eigenvalue weighted by Gasteiger charge is 2.42. The Morgan fingerprint density at radius 3 is 1.91 bits per heavy atom. The predicted molar refractivity (Wildman–Crippen MR) is 192 cm³/mol. The smallest absolute Gasteiger partial charge is 0.160 e. The molecule has 0 saturated heterocycles. The molecule has 0 amide bonds. The largest absolute Gasteiger partial charge is 0.457 e. The summed E-state index contributed by atoms with van der Waals surface area (Å²) in [6.45, 7) is 0. The summed E-state index contributed by atoms with van der Waals surface area (Å²) in [5.41, 5.74) is 11.5. The molecule has 0 N–H and O–H groups in total. The van der Waals surface area contributed by atoms with Gasteiger partial charge in [0.15, 0.2) is 5.82 Å². The fourth-order valence-corrected chi connectivity index (χ4v) is 7.80. The normalized spacial score (nSPS) is 14.7. The molecule has 1 aliphatic carbocycles. The number of hydrogen-bond acceptors (Lipinski definition) is 3. The molecule has 226 valence electrons. The van der Waals surface area contributed by atoms with Gasteiger partial charge in [-0.2, -0.15) is 0 Å². The van der Waals surface area contributed by atoms with Crippen LogP contribution in [-0.4, -0.2) is 9.97 Å². The molecule has 6 aromatic carbocycles. The van der Waals surface area contributed by atoms with Crippen LogP contribution in [-0.2, 0) is 5.41 Å². The van der Waals surface area contributed by atoms with E-state index in [9.17, 15) is 0 Å². The third-order valence-electron chi connectivity index (χ3n) is 10.1. The van der Waals surface area contributed by atoms with Gasteiger partial charge in [-0.3, -0.25) is 0 Å². The molecule has 1 aromatic heterocycles. The molecule has 1 spiro atoms. The van der Waals surface area contributed by atoms with Crippen LogP contribution in [0.3, 0.4) is 0 Å². The average molecular weight is 607 g/mol. The molecule has 7 aromatic rings. The first kappa shape index (κ1) is 27.7. The summed E-state index contributed by atoms with van der Waals surface area (Å²) >= 11 is 0. The topological polar surface area (TPSA) is 35.0 Å². The van der Waals surface area contributed by atoms with Gasteiger partial charge in [0.1, 0.15) is 11.5 Å². The summed E-state index contributed by atoms with van der Waals surface area (Å²) in [7, 11) is 0. The molecular weight excluding hydrogens is 572 g/mol. The summed E-state index contributed by atoms with van der Waals surface area (Å²) in [5.74, 6) is 2.77. The summed E-state index contributed by atoms with van der Waals surface area (Å²) in [4.78, 5) is 9.99. The van der Waals surface area contributed by atoms with Crippen LogP contribution < -0.4 is 4.74 Å². The van der Waals surface area contributed by atoms with Crippen LogP contribution in [0.5, 0.6) is 11.5 Å². The Morgan fingerprint density at radius 1 is 0.447 bits per heavy atom. The lowest BCUT2D eigenvalue weighted by atomic mass is 9.63. The quantitative estimate of drug-likeness (QED) is 0.200. The molecule has 9 rings (SSSR count). The fourth-order valence-electron chi connectivity index (χ4n) is 7.80. The van der Waals surface area contributed by atoms with E-state index < -0.39 is 0 Å². The van der Waals surface area contributed by atoms with E-state index >= 15 is 0 Å². The monoisotopic (exact) mass is 606 g/mol. The molecule has 1 aliphatic heterocycles. The van der Waals surface area contributed by atoms with Crippen molar-refractivity contribution in [3.63, 3.8) is 0 Å². The Labute approximate surface area is 275 Å². The third kappa shape index (κ3) is 4.82. The Balaban J connectivity index is 1.07. The van der Waals surface area contributed by atoms with E-state index in [1.54, 1.807) is 0 Å². The van der Waals surface area contributed by atoms with Gasteiger partial charge in [-0.15, -0.1) is 0 Å². The van der Waals surface area contributed by atoms with Crippen molar-refractivity contribution in [3.05, 3.63) is 157 Å². The highest BCUT2D eigenvalue weighted by molar-refractivity contribution is 5.94. The molecule has 3 heteroatoms. The first-order valence-electron chi connectivity index (χ1n) is 16.7. The van der Waals surface area contributed by atoms with E-state index in [1.807, 2.05) is 24.3 Å². The standard InChI is InChI=1S/C44H34N2O/c1-3-12-32(13-4-1)43-45-39-18-7-5-16-36(39)42(46-43)35-15-11-14-33(28-35)30-20-22-31(23-21-30)34-24-25-41-38(29-34)44(26-9-2-10-27-44)37-17-6-8-19-40(37)47-41/h1,3-8,11-25,28-29H,2,9-10,26-27H2. The van der Waals surface area contributed by atoms with Gasteiger partial charge < -0.3 is 4.74 Å². The molecule has 1 saturated carbocycles. The van der Waals surface area contributed by atoms with Crippen LogP contribution in [0.2, 0.25) is 0 Å². The highest BCUT2D eigenvalue weighted by atomic mass is 16.5. The van der Waals surface area contributed by atoms with E-state index in [4.69, 9.17) is 14.7 Å². The van der Waals surface area contributed by atoms with Crippen LogP contribution in [0, 0.1) is 0 Å². The lowest BCUT2D eigenvalue weighted by Crippen LogP contribution is -2.33. The van der Waals surface area contributed by atoms with E-state index in [0.29, 0.717) is 0 Å². The van der Waals surface area contributed by atoms with Crippen molar-refractivity contribution in [2.75, 3.05) is 0 Å². The summed E-state index contributed by atoms with van der Waals surface area (Å²) in [5, 5.41) is 1.05. The molecule has 2 heterocycles. The zero-order chi connectivity index (χ0) is 31.2. The van der Waals surface area contributed by atoms with Crippen molar-refractivity contribution in [1.82, 2.24) is 9.97 Å². The minimum absolute atomic E-state index is 0.0321. The number of para-hydroxylation sites is 2. The molecule has 47 heavy (non-hydrogen) atoms. The summed E-state index contributed by atoms with van der Waals surface area (Å²) in [6, 6.07) is 51.6. The second kappa shape index (κ2) is 11.4. The van der Waals surface area contributed by atoms with Crippen LogP contribution in [0.1, 0.15) is 43.2 Å². The summed E-state index contributed by atoms with van der Waals surface area (Å²) in [6.07, 6.45) is 6.17. The molecule has 0 atom stereocenters. The van der Waals surface area contributed by atoms with Crippen molar-refractivity contribution in [1.29, 1.82) is 0 Å². The maximum Gasteiger partial charge on any atom is 0.160 e. The van der Waals surface area contributed by atoms with Gasteiger partial charge in [0, 0.05) is 33.1 Å². The lowest BCUT2D eigenvalue weighted by molar-refractivity contribution is 0.306. The number of fused-ring (bicyclic) bond motifs is 5. The first-order chi connectivity index (χ1) is 23.2. The Hall–Kier alpha value is -5.54. The van der Waals surface area contributed by atoms with Crippen molar-refractivity contribution < 1.29 is 4.74 Å². The predicted octanol–water partition coefficient (Wildman–Crippen LogP) is 11.7. The van der Waals surface area contributed by atoms with Gasteiger partial charge in [-0.25, -0.2) is 9.97 Å². The van der Waals surface area contributed by atoms with Crippen LogP contribution in [0.4, 0.5) is 0 Å². The van der Waals surface area contributed by atoms with Gasteiger partial charge in [-0.1, -0.05) is 135 Å². The van der Waals surface area contributed by atoms with Crippen molar-refractivity contribution >= 4 is 10.9 Å². The second-order valence-electron chi connectivity index (χ2n) is 12.9. The number of benzene rings is 6. The SMILES string of the molecule is c1ccc(-c2nc(-c3cccc(-c4ccc(-c5ccc6c(c5)C5(CCCCC5)c5ccccc5O6)cc4)c3)c3ccccc3n2)cc1. The second-order valence-corrected chi connectivity index (χ2v) is 12.9. The van der Waals surface area contributed by atoms with Crippen molar-refractivity contribution in [2.45, 2.75) is 37.5 Å². The lowest BCUT2D eigenvalue weighted by Gasteiger charge is -2.43. The van der Waals surface area contributed by atoms with E-state index in [2.05, 4.69) is 121 Å². The minimum Gasteiger partial charge on any atom is -0.457 e. The van der Waals surface area contributed by atoms with E-state index in [0.717, 1.165) is 50.6 Å². The van der Waals surface area contributed by atoms with Crippen molar-refractivity contribution in [3.8, 4) is 56.4 Å². The number of hydrogen-bond donors (Lipinski definition) is 0.